The van der Waals surface area contributed by atoms with E-state index in [2.05, 4.69) is 25.5 Å². The molecule has 3 aromatic heterocycles. The maximum absolute atomic E-state index is 5.40. The van der Waals surface area contributed by atoms with Crippen LogP contribution in [0.5, 0.6) is 0 Å². The Hall–Kier alpha value is -3.22. The first kappa shape index (κ1) is 16.3. The van der Waals surface area contributed by atoms with Crippen LogP contribution in [0.25, 0.3) is 16.9 Å². The molecule has 26 heavy (non-hydrogen) atoms. The van der Waals surface area contributed by atoms with Crippen LogP contribution in [0.15, 0.2) is 53.2 Å². The van der Waals surface area contributed by atoms with Crippen molar-refractivity contribution in [2.45, 2.75) is 32.7 Å². The standard InChI is InChI=1S/C19H20N6O/c1-12(2)18-23-19(26-24-18)13(3)21-17-11-15(14-7-5-4-6-8-14)22-16-9-10-20-25(16)17/h4-13,21H,1-3H3/t13-/m0/s1. The molecule has 132 valence electrons. The van der Waals surface area contributed by atoms with E-state index in [1.54, 1.807) is 10.7 Å². The summed E-state index contributed by atoms with van der Waals surface area (Å²) in [5, 5.41) is 11.8. The smallest absolute Gasteiger partial charge is 0.248 e. The molecule has 3 heterocycles. The van der Waals surface area contributed by atoms with E-state index in [1.807, 2.05) is 63.2 Å². The predicted octanol–water partition coefficient (Wildman–Crippen LogP) is 4.08. The van der Waals surface area contributed by atoms with Gasteiger partial charge in [-0.1, -0.05) is 49.3 Å². The summed E-state index contributed by atoms with van der Waals surface area (Å²) in [6.07, 6.45) is 1.73. The number of nitrogens with zero attached hydrogens (tertiary/aromatic N) is 5. The molecule has 0 saturated carbocycles. The first-order chi connectivity index (χ1) is 12.6. The Bertz CT molecular complexity index is 1020. The summed E-state index contributed by atoms with van der Waals surface area (Å²) in [5.41, 5.74) is 2.70. The van der Waals surface area contributed by atoms with Crippen molar-refractivity contribution in [1.82, 2.24) is 24.7 Å². The van der Waals surface area contributed by atoms with Crippen LogP contribution in [-0.2, 0) is 0 Å². The third-order valence-corrected chi connectivity index (χ3v) is 4.14. The summed E-state index contributed by atoms with van der Waals surface area (Å²) in [7, 11) is 0. The number of benzene rings is 1. The van der Waals surface area contributed by atoms with Crippen LogP contribution in [0.2, 0.25) is 0 Å². The average molecular weight is 348 g/mol. The summed E-state index contributed by atoms with van der Waals surface area (Å²) in [6.45, 7) is 6.06. The van der Waals surface area contributed by atoms with Crippen molar-refractivity contribution in [2.75, 3.05) is 5.32 Å². The van der Waals surface area contributed by atoms with Crippen molar-refractivity contribution < 1.29 is 4.52 Å². The second-order valence-corrected chi connectivity index (χ2v) is 6.51. The molecule has 1 aromatic carbocycles. The van der Waals surface area contributed by atoms with Crippen LogP contribution < -0.4 is 5.32 Å². The number of hydrogen-bond donors (Lipinski definition) is 1. The molecule has 0 amide bonds. The van der Waals surface area contributed by atoms with Crippen LogP contribution in [0.1, 0.15) is 44.4 Å². The van der Waals surface area contributed by atoms with Crippen molar-refractivity contribution in [3.63, 3.8) is 0 Å². The average Bonchev–Trinajstić information content (AvgIpc) is 3.32. The lowest BCUT2D eigenvalue weighted by molar-refractivity contribution is 0.361. The van der Waals surface area contributed by atoms with Gasteiger partial charge in [-0.05, 0) is 6.92 Å². The lowest BCUT2D eigenvalue weighted by Gasteiger charge is -2.14. The third-order valence-electron chi connectivity index (χ3n) is 4.14. The minimum atomic E-state index is -0.159. The molecule has 4 rings (SSSR count). The zero-order valence-corrected chi connectivity index (χ0v) is 14.9. The van der Waals surface area contributed by atoms with Crippen LogP contribution in [-0.4, -0.2) is 24.7 Å². The van der Waals surface area contributed by atoms with E-state index in [-0.39, 0.29) is 12.0 Å². The lowest BCUT2D eigenvalue weighted by atomic mass is 10.1. The monoisotopic (exact) mass is 348 g/mol. The molecule has 0 bridgehead atoms. The molecule has 0 spiro atoms. The molecule has 1 N–H and O–H groups in total. The molecule has 7 heteroatoms. The topological polar surface area (TPSA) is 81.1 Å². The second kappa shape index (κ2) is 6.59. The van der Waals surface area contributed by atoms with E-state index in [4.69, 9.17) is 4.52 Å². The molecule has 4 aromatic rings. The van der Waals surface area contributed by atoms with Crippen LogP contribution >= 0.6 is 0 Å². The number of aromatic nitrogens is 5. The third kappa shape index (κ3) is 3.03. The second-order valence-electron chi connectivity index (χ2n) is 6.51. The van der Waals surface area contributed by atoms with E-state index >= 15 is 0 Å². The number of fused-ring (bicyclic) bond motifs is 1. The Morgan fingerprint density at radius 2 is 1.85 bits per heavy atom. The molecular formula is C19H20N6O. The Balaban J connectivity index is 1.69. The lowest BCUT2D eigenvalue weighted by Crippen LogP contribution is -2.11. The van der Waals surface area contributed by atoms with Gasteiger partial charge >= 0.3 is 0 Å². The normalized spacial score (nSPS) is 12.6. The van der Waals surface area contributed by atoms with Gasteiger partial charge < -0.3 is 9.84 Å². The Morgan fingerprint density at radius 3 is 2.58 bits per heavy atom. The number of anilines is 1. The molecule has 0 aliphatic rings. The molecule has 0 radical (unpaired) electrons. The van der Waals surface area contributed by atoms with Crippen LogP contribution in [0, 0.1) is 0 Å². The Morgan fingerprint density at radius 1 is 1.04 bits per heavy atom. The van der Waals surface area contributed by atoms with E-state index in [9.17, 15) is 0 Å². The molecule has 1 atom stereocenters. The van der Waals surface area contributed by atoms with Gasteiger partial charge in [-0.25, -0.2) is 4.98 Å². The van der Waals surface area contributed by atoms with Crippen molar-refractivity contribution in [1.29, 1.82) is 0 Å². The van der Waals surface area contributed by atoms with Gasteiger partial charge in [0.15, 0.2) is 11.5 Å². The first-order valence-corrected chi connectivity index (χ1v) is 8.62. The van der Waals surface area contributed by atoms with E-state index in [1.165, 1.54) is 0 Å². The summed E-state index contributed by atoms with van der Waals surface area (Å²) in [4.78, 5) is 9.15. The van der Waals surface area contributed by atoms with Gasteiger partial charge in [-0.15, -0.1) is 0 Å². The van der Waals surface area contributed by atoms with Gasteiger partial charge in [0.05, 0.1) is 11.9 Å². The fraction of sp³-hybridized carbons (Fsp3) is 0.263. The van der Waals surface area contributed by atoms with Crippen molar-refractivity contribution in [2.24, 2.45) is 0 Å². The van der Waals surface area contributed by atoms with Crippen LogP contribution in [0.4, 0.5) is 5.82 Å². The largest absolute Gasteiger partial charge is 0.358 e. The van der Waals surface area contributed by atoms with Gasteiger partial charge in [0.1, 0.15) is 11.9 Å². The first-order valence-electron chi connectivity index (χ1n) is 8.62. The van der Waals surface area contributed by atoms with Gasteiger partial charge in [-0.3, -0.25) is 0 Å². The zero-order chi connectivity index (χ0) is 18.1. The zero-order valence-electron chi connectivity index (χ0n) is 14.9. The highest BCUT2D eigenvalue weighted by atomic mass is 16.5. The maximum Gasteiger partial charge on any atom is 0.248 e. The van der Waals surface area contributed by atoms with Gasteiger partial charge in [0.2, 0.25) is 5.89 Å². The fourth-order valence-electron chi connectivity index (χ4n) is 2.71. The summed E-state index contributed by atoms with van der Waals surface area (Å²) < 4.78 is 7.17. The van der Waals surface area contributed by atoms with E-state index < -0.39 is 0 Å². The highest BCUT2D eigenvalue weighted by Crippen LogP contribution is 2.25. The van der Waals surface area contributed by atoms with Gasteiger partial charge in [-0.2, -0.15) is 14.6 Å². The molecule has 0 aliphatic carbocycles. The number of nitrogens with one attached hydrogen (secondary N) is 1. The molecular weight excluding hydrogens is 328 g/mol. The number of rotatable bonds is 5. The SMILES string of the molecule is CC(C)c1noc([C@H](C)Nc2cc(-c3ccccc3)nc3ccnn23)n1. The summed E-state index contributed by atoms with van der Waals surface area (Å²) in [5.74, 6) is 2.29. The van der Waals surface area contributed by atoms with E-state index in [0.29, 0.717) is 11.7 Å². The van der Waals surface area contributed by atoms with Gasteiger partial charge in [0, 0.05) is 23.6 Å². The minimum absolute atomic E-state index is 0.159. The molecule has 0 aliphatic heterocycles. The van der Waals surface area contributed by atoms with Crippen molar-refractivity contribution in [3.05, 3.63) is 60.4 Å². The highest BCUT2D eigenvalue weighted by Gasteiger charge is 2.18. The maximum atomic E-state index is 5.40. The Labute approximate surface area is 151 Å². The molecule has 0 unspecified atom stereocenters. The minimum Gasteiger partial charge on any atom is -0.358 e. The van der Waals surface area contributed by atoms with Gasteiger partial charge in [0.25, 0.3) is 0 Å². The predicted molar refractivity (Wildman–Crippen MR) is 98.8 cm³/mol. The number of hydrogen-bond acceptors (Lipinski definition) is 6. The summed E-state index contributed by atoms with van der Waals surface area (Å²) >= 11 is 0. The van der Waals surface area contributed by atoms with E-state index in [0.717, 1.165) is 22.7 Å². The highest BCUT2D eigenvalue weighted by molar-refractivity contribution is 5.66. The molecule has 0 saturated heterocycles. The quantitative estimate of drug-likeness (QED) is 0.585. The van der Waals surface area contributed by atoms with Crippen molar-refractivity contribution in [3.8, 4) is 11.3 Å². The Kier molecular flexibility index (Phi) is 4.12. The summed E-state index contributed by atoms with van der Waals surface area (Å²) in [6, 6.07) is 13.8. The molecule has 7 nitrogen and oxygen atoms in total. The van der Waals surface area contributed by atoms with Crippen molar-refractivity contribution >= 4 is 11.5 Å². The fourth-order valence-corrected chi connectivity index (χ4v) is 2.71. The van der Waals surface area contributed by atoms with Crippen LogP contribution in [0.3, 0.4) is 0 Å². The molecule has 0 fully saturated rings.